The third kappa shape index (κ3) is 4.44. The molecule has 0 unspecified atom stereocenters. The van der Waals surface area contributed by atoms with E-state index >= 15 is 0 Å². The summed E-state index contributed by atoms with van der Waals surface area (Å²) in [6.07, 6.45) is -0.871. The number of carboxylic acids is 1. The van der Waals surface area contributed by atoms with Crippen molar-refractivity contribution in [3.8, 4) is 16.9 Å². The molecule has 3 aromatic carbocycles. The van der Waals surface area contributed by atoms with Crippen LogP contribution in [0.4, 0.5) is 4.39 Å². The van der Waals surface area contributed by atoms with E-state index in [0.717, 1.165) is 11.1 Å². The molecule has 0 saturated carbocycles. The molecule has 126 valence electrons. The molecule has 0 fully saturated rings. The topological polar surface area (TPSA) is 46.5 Å². The Hall–Kier alpha value is -3.14. The molecule has 0 aromatic heterocycles. The lowest BCUT2D eigenvalue weighted by molar-refractivity contribution is -0.145. The van der Waals surface area contributed by atoms with E-state index < -0.39 is 12.1 Å². The van der Waals surface area contributed by atoms with Gasteiger partial charge in [-0.3, -0.25) is 0 Å². The fourth-order valence-corrected chi connectivity index (χ4v) is 2.53. The lowest BCUT2D eigenvalue weighted by atomic mass is 10.1. The summed E-state index contributed by atoms with van der Waals surface area (Å²) >= 11 is 0. The highest BCUT2D eigenvalue weighted by molar-refractivity contribution is 5.73. The number of rotatable bonds is 6. The van der Waals surface area contributed by atoms with Crippen molar-refractivity contribution < 1.29 is 19.0 Å². The van der Waals surface area contributed by atoms with Crippen molar-refractivity contribution in [1.82, 2.24) is 0 Å². The Labute approximate surface area is 145 Å². The molecule has 0 amide bonds. The van der Waals surface area contributed by atoms with Gasteiger partial charge in [0.1, 0.15) is 11.6 Å². The summed E-state index contributed by atoms with van der Waals surface area (Å²) in [5.74, 6) is -0.932. The van der Waals surface area contributed by atoms with Gasteiger partial charge in [-0.05, 0) is 41.0 Å². The Morgan fingerprint density at radius 3 is 2.08 bits per heavy atom. The molecule has 3 aromatic rings. The van der Waals surface area contributed by atoms with E-state index in [1.54, 1.807) is 24.3 Å². The Morgan fingerprint density at radius 1 is 0.880 bits per heavy atom. The number of benzene rings is 3. The first-order chi connectivity index (χ1) is 12.1. The van der Waals surface area contributed by atoms with Gasteiger partial charge in [-0.25, -0.2) is 9.18 Å². The number of ether oxygens (including phenoxy) is 1. The predicted molar refractivity (Wildman–Crippen MR) is 94.0 cm³/mol. The third-order valence-electron chi connectivity index (χ3n) is 3.85. The predicted octanol–water partition coefficient (Wildman–Crippen LogP) is 4.57. The molecule has 3 nitrogen and oxygen atoms in total. The fourth-order valence-electron chi connectivity index (χ4n) is 2.53. The van der Waals surface area contributed by atoms with E-state index in [0.29, 0.717) is 11.3 Å². The molecule has 0 radical (unpaired) electrons. The molecular weight excluding hydrogens is 319 g/mol. The highest BCUT2D eigenvalue weighted by atomic mass is 19.1. The van der Waals surface area contributed by atoms with Crippen LogP contribution in [0, 0.1) is 5.82 Å². The highest BCUT2D eigenvalue weighted by Gasteiger charge is 2.20. The van der Waals surface area contributed by atoms with Crippen LogP contribution in [-0.2, 0) is 11.2 Å². The first kappa shape index (κ1) is 16.7. The van der Waals surface area contributed by atoms with Crippen LogP contribution >= 0.6 is 0 Å². The summed E-state index contributed by atoms with van der Waals surface area (Å²) in [5.41, 5.74) is 2.81. The Kier molecular flexibility index (Phi) is 5.09. The van der Waals surface area contributed by atoms with E-state index in [1.807, 2.05) is 42.5 Å². The number of hydrogen-bond donors (Lipinski definition) is 1. The van der Waals surface area contributed by atoms with Gasteiger partial charge in [0.2, 0.25) is 0 Å². The molecular formula is C21H17FO3. The SMILES string of the molecule is O=C(O)[C@H](Cc1ccc(F)cc1)Oc1ccc(-c2ccccc2)cc1. The summed E-state index contributed by atoms with van der Waals surface area (Å²) in [6, 6.07) is 22.9. The zero-order valence-corrected chi connectivity index (χ0v) is 13.4. The minimum absolute atomic E-state index is 0.163. The summed E-state index contributed by atoms with van der Waals surface area (Å²) in [6.45, 7) is 0. The first-order valence-electron chi connectivity index (χ1n) is 7.91. The summed E-state index contributed by atoms with van der Waals surface area (Å²) in [5, 5.41) is 9.38. The monoisotopic (exact) mass is 336 g/mol. The van der Waals surface area contributed by atoms with E-state index in [1.165, 1.54) is 12.1 Å². The van der Waals surface area contributed by atoms with Gasteiger partial charge >= 0.3 is 5.97 Å². The molecule has 0 heterocycles. The van der Waals surface area contributed by atoms with Gasteiger partial charge in [-0.2, -0.15) is 0 Å². The van der Waals surface area contributed by atoms with Gasteiger partial charge < -0.3 is 9.84 Å². The Balaban J connectivity index is 1.72. The van der Waals surface area contributed by atoms with E-state index in [4.69, 9.17) is 4.74 Å². The van der Waals surface area contributed by atoms with Crippen LogP contribution in [0.3, 0.4) is 0 Å². The third-order valence-corrected chi connectivity index (χ3v) is 3.85. The largest absolute Gasteiger partial charge is 0.478 e. The second-order valence-corrected chi connectivity index (χ2v) is 5.67. The van der Waals surface area contributed by atoms with Crippen molar-refractivity contribution in [3.63, 3.8) is 0 Å². The van der Waals surface area contributed by atoms with Gasteiger partial charge in [-0.1, -0.05) is 54.6 Å². The normalized spacial score (nSPS) is 11.7. The number of carboxylic acid groups (broad SMARTS) is 1. The van der Waals surface area contributed by atoms with Crippen LogP contribution in [0.1, 0.15) is 5.56 Å². The zero-order valence-electron chi connectivity index (χ0n) is 13.4. The van der Waals surface area contributed by atoms with Crippen LogP contribution < -0.4 is 4.74 Å². The van der Waals surface area contributed by atoms with Crippen molar-refractivity contribution in [2.75, 3.05) is 0 Å². The molecule has 0 saturated heterocycles. The van der Waals surface area contributed by atoms with Crippen LogP contribution in [0.15, 0.2) is 78.9 Å². The summed E-state index contributed by atoms with van der Waals surface area (Å²) in [7, 11) is 0. The van der Waals surface area contributed by atoms with Crippen LogP contribution in [0.25, 0.3) is 11.1 Å². The average Bonchev–Trinajstić information content (AvgIpc) is 2.64. The maximum absolute atomic E-state index is 13.0. The number of halogens is 1. The van der Waals surface area contributed by atoms with Gasteiger partial charge in [0, 0.05) is 6.42 Å². The molecule has 0 spiro atoms. The maximum Gasteiger partial charge on any atom is 0.345 e. The summed E-state index contributed by atoms with van der Waals surface area (Å²) in [4.78, 5) is 11.5. The average molecular weight is 336 g/mol. The van der Waals surface area contributed by atoms with Gasteiger partial charge in [0.05, 0.1) is 0 Å². The molecule has 1 N–H and O–H groups in total. The Morgan fingerprint density at radius 2 is 1.48 bits per heavy atom. The van der Waals surface area contributed by atoms with E-state index in [-0.39, 0.29) is 12.2 Å². The standard InChI is InChI=1S/C21H17FO3/c22-18-10-6-15(7-11-18)14-20(21(23)24)25-19-12-8-17(9-13-19)16-4-2-1-3-5-16/h1-13,20H,14H2,(H,23,24)/t20-/m0/s1. The van der Waals surface area contributed by atoms with Crippen molar-refractivity contribution in [2.45, 2.75) is 12.5 Å². The van der Waals surface area contributed by atoms with Crippen molar-refractivity contribution in [3.05, 3.63) is 90.2 Å². The minimum atomic E-state index is -1.06. The van der Waals surface area contributed by atoms with Crippen LogP contribution in [-0.4, -0.2) is 17.2 Å². The molecule has 0 aliphatic rings. The molecule has 0 bridgehead atoms. The lowest BCUT2D eigenvalue weighted by Gasteiger charge is -2.15. The van der Waals surface area contributed by atoms with Gasteiger partial charge in [0.15, 0.2) is 6.10 Å². The number of carbonyl (C=O) groups is 1. The number of aliphatic carboxylic acids is 1. The fraction of sp³-hybridized carbons (Fsp3) is 0.0952. The summed E-state index contributed by atoms with van der Waals surface area (Å²) < 4.78 is 18.6. The van der Waals surface area contributed by atoms with Crippen LogP contribution in [0.2, 0.25) is 0 Å². The number of hydrogen-bond acceptors (Lipinski definition) is 2. The molecule has 0 aliphatic carbocycles. The van der Waals surface area contributed by atoms with E-state index in [2.05, 4.69) is 0 Å². The van der Waals surface area contributed by atoms with Crippen molar-refractivity contribution >= 4 is 5.97 Å². The van der Waals surface area contributed by atoms with Crippen molar-refractivity contribution in [1.29, 1.82) is 0 Å². The van der Waals surface area contributed by atoms with Crippen LogP contribution in [0.5, 0.6) is 5.75 Å². The highest BCUT2D eigenvalue weighted by Crippen LogP contribution is 2.23. The smallest absolute Gasteiger partial charge is 0.345 e. The maximum atomic E-state index is 13.0. The molecule has 0 aliphatic heterocycles. The van der Waals surface area contributed by atoms with E-state index in [9.17, 15) is 14.3 Å². The lowest BCUT2D eigenvalue weighted by Crippen LogP contribution is -2.29. The van der Waals surface area contributed by atoms with Gasteiger partial charge in [0.25, 0.3) is 0 Å². The molecule has 25 heavy (non-hydrogen) atoms. The Bertz CT molecular complexity index is 827. The zero-order chi connectivity index (χ0) is 17.6. The first-order valence-corrected chi connectivity index (χ1v) is 7.91. The quantitative estimate of drug-likeness (QED) is 0.717. The second kappa shape index (κ2) is 7.62. The molecule has 4 heteroatoms. The second-order valence-electron chi connectivity index (χ2n) is 5.67. The minimum Gasteiger partial charge on any atom is -0.478 e. The molecule has 3 rings (SSSR count). The van der Waals surface area contributed by atoms with Gasteiger partial charge in [-0.15, -0.1) is 0 Å². The van der Waals surface area contributed by atoms with Crippen molar-refractivity contribution in [2.24, 2.45) is 0 Å². The molecule has 1 atom stereocenters.